The van der Waals surface area contributed by atoms with Gasteiger partial charge < -0.3 is 10.2 Å². The molecule has 0 aliphatic heterocycles. The number of hydrogen-bond acceptors (Lipinski definition) is 4. The van der Waals surface area contributed by atoms with E-state index in [1.165, 1.54) is 17.0 Å². The van der Waals surface area contributed by atoms with Crippen molar-refractivity contribution in [3.8, 4) is 0 Å². The Hall–Kier alpha value is -4.14. The molecule has 1 saturated carbocycles. The quantitative estimate of drug-likeness (QED) is 0.179. The molecule has 0 radical (unpaired) electrons. The molecule has 0 heterocycles. The third-order valence-corrected chi connectivity index (χ3v) is 10.4. The van der Waals surface area contributed by atoms with Crippen LogP contribution in [0.15, 0.2) is 114 Å². The third kappa shape index (κ3) is 8.56. The van der Waals surface area contributed by atoms with Crippen molar-refractivity contribution in [1.82, 2.24) is 10.2 Å². The Balaban J connectivity index is 1.56. The molecule has 0 spiro atoms. The van der Waals surface area contributed by atoms with Crippen LogP contribution in [0.2, 0.25) is 5.02 Å². The number of anilines is 1. The van der Waals surface area contributed by atoms with Crippen molar-refractivity contribution in [2.45, 2.75) is 69.0 Å². The number of nitrogens with zero attached hydrogens (tertiary/aromatic N) is 2. The molecule has 4 aromatic rings. The van der Waals surface area contributed by atoms with E-state index >= 15 is 0 Å². The number of amides is 2. The summed E-state index contributed by atoms with van der Waals surface area (Å²) in [6, 6.07) is 31.0. The highest BCUT2D eigenvalue weighted by Gasteiger charge is 2.35. The lowest BCUT2D eigenvalue weighted by Crippen LogP contribution is -2.55. The van der Waals surface area contributed by atoms with E-state index in [-0.39, 0.29) is 29.8 Å². The molecule has 2 amide bonds. The fourth-order valence-corrected chi connectivity index (χ4v) is 7.60. The van der Waals surface area contributed by atoms with E-state index in [1.54, 1.807) is 54.6 Å². The molecule has 7 nitrogen and oxygen atoms in total. The number of hydrogen-bond donors (Lipinski definition) is 1. The molecule has 1 fully saturated rings. The Kier molecular flexibility index (Phi) is 11.1. The van der Waals surface area contributed by atoms with Gasteiger partial charge in [0.25, 0.3) is 10.0 Å². The van der Waals surface area contributed by atoms with Crippen molar-refractivity contribution in [1.29, 1.82) is 0 Å². The van der Waals surface area contributed by atoms with Crippen LogP contribution in [0.1, 0.15) is 48.8 Å². The standard InChI is InChI=1S/C37H40ClN3O4S/c1-28-13-11-20-33(23-28)41(46(44,45)34-21-9-4-10-22-34)27-36(42)40(26-30-16-12-17-31(38)24-30)35(25-29-14-5-2-6-15-29)37(43)39-32-18-7-3-8-19-32/h2,4-6,9-17,20-24,32,35H,3,7-8,18-19,25-27H2,1H3,(H,39,43)/t35-/m0/s1. The number of sulfonamides is 1. The molecular formula is C37H40ClN3O4S. The first-order chi connectivity index (χ1) is 22.2. The van der Waals surface area contributed by atoms with Crippen LogP contribution in [-0.2, 0) is 32.6 Å². The minimum Gasteiger partial charge on any atom is -0.352 e. The summed E-state index contributed by atoms with van der Waals surface area (Å²) < 4.78 is 29.4. The van der Waals surface area contributed by atoms with E-state index in [9.17, 15) is 18.0 Å². The van der Waals surface area contributed by atoms with Crippen LogP contribution >= 0.6 is 11.6 Å². The van der Waals surface area contributed by atoms with Crippen LogP contribution in [0.5, 0.6) is 0 Å². The minimum atomic E-state index is -4.14. The third-order valence-electron chi connectivity index (χ3n) is 8.36. The van der Waals surface area contributed by atoms with E-state index in [1.807, 2.05) is 49.4 Å². The summed E-state index contributed by atoms with van der Waals surface area (Å²) in [6.45, 7) is 1.45. The summed E-state index contributed by atoms with van der Waals surface area (Å²) in [4.78, 5) is 30.4. The van der Waals surface area contributed by atoms with Gasteiger partial charge in [0.05, 0.1) is 10.6 Å². The molecule has 5 rings (SSSR count). The average Bonchev–Trinajstić information content (AvgIpc) is 3.06. The van der Waals surface area contributed by atoms with Crippen molar-refractivity contribution >= 4 is 39.1 Å². The Morgan fingerprint density at radius 3 is 2.15 bits per heavy atom. The topological polar surface area (TPSA) is 86.8 Å². The summed E-state index contributed by atoms with van der Waals surface area (Å²) in [5, 5.41) is 3.73. The number of carbonyl (C=O) groups is 2. The largest absolute Gasteiger partial charge is 0.352 e. The van der Waals surface area contributed by atoms with Gasteiger partial charge in [0.15, 0.2) is 0 Å². The van der Waals surface area contributed by atoms with Gasteiger partial charge in [-0.15, -0.1) is 0 Å². The van der Waals surface area contributed by atoms with Gasteiger partial charge in [0.1, 0.15) is 12.6 Å². The van der Waals surface area contributed by atoms with Gasteiger partial charge in [-0.3, -0.25) is 13.9 Å². The van der Waals surface area contributed by atoms with Gasteiger partial charge >= 0.3 is 0 Å². The molecule has 1 N–H and O–H groups in total. The maximum Gasteiger partial charge on any atom is 0.264 e. The molecule has 1 aliphatic rings. The Bertz CT molecular complexity index is 1730. The Morgan fingerprint density at radius 2 is 1.48 bits per heavy atom. The van der Waals surface area contributed by atoms with E-state index in [0.29, 0.717) is 10.7 Å². The lowest BCUT2D eigenvalue weighted by Gasteiger charge is -2.35. The van der Waals surface area contributed by atoms with Gasteiger partial charge in [0, 0.05) is 24.0 Å². The molecule has 0 unspecified atom stereocenters. The monoisotopic (exact) mass is 657 g/mol. The van der Waals surface area contributed by atoms with E-state index < -0.39 is 28.5 Å². The van der Waals surface area contributed by atoms with Crippen LogP contribution < -0.4 is 9.62 Å². The number of nitrogens with one attached hydrogen (secondary N) is 1. The summed E-state index contributed by atoms with van der Waals surface area (Å²) in [5.41, 5.74) is 2.84. The number of carbonyl (C=O) groups excluding carboxylic acids is 2. The lowest BCUT2D eigenvalue weighted by molar-refractivity contribution is -0.140. The Morgan fingerprint density at radius 1 is 0.826 bits per heavy atom. The highest BCUT2D eigenvalue weighted by molar-refractivity contribution is 7.92. The zero-order chi connectivity index (χ0) is 32.5. The van der Waals surface area contributed by atoms with Crippen LogP contribution in [0.25, 0.3) is 0 Å². The summed E-state index contributed by atoms with van der Waals surface area (Å²) in [7, 11) is -4.14. The molecule has 9 heteroatoms. The van der Waals surface area contributed by atoms with Crippen LogP contribution in [-0.4, -0.2) is 43.8 Å². The normalized spacial score (nSPS) is 14.3. The number of aryl methyl sites for hydroxylation is 1. The second-order valence-corrected chi connectivity index (χ2v) is 14.2. The van der Waals surface area contributed by atoms with E-state index in [0.717, 1.165) is 53.1 Å². The second kappa shape index (κ2) is 15.4. The fourth-order valence-electron chi connectivity index (χ4n) is 5.96. The van der Waals surface area contributed by atoms with Crippen molar-refractivity contribution in [2.75, 3.05) is 10.8 Å². The molecule has 1 aliphatic carbocycles. The number of halogens is 1. The first-order valence-corrected chi connectivity index (χ1v) is 17.6. The molecule has 0 saturated heterocycles. The van der Waals surface area contributed by atoms with Gasteiger partial charge in [-0.05, 0) is 72.9 Å². The zero-order valence-corrected chi connectivity index (χ0v) is 27.6. The van der Waals surface area contributed by atoms with Crippen LogP contribution in [0.4, 0.5) is 5.69 Å². The minimum absolute atomic E-state index is 0.0323. The molecule has 4 aromatic carbocycles. The maximum atomic E-state index is 14.6. The number of benzene rings is 4. The van der Waals surface area contributed by atoms with Crippen LogP contribution in [0, 0.1) is 6.92 Å². The van der Waals surface area contributed by atoms with E-state index in [4.69, 9.17) is 11.6 Å². The fraction of sp³-hybridized carbons (Fsp3) is 0.297. The van der Waals surface area contributed by atoms with Gasteiger partial charge in [-0.1, -0.05) is 104 Å². The molecule has 1 atom stereocenters. The van der Waals surface area contributed by atoms with Crippen molar-refractivity contribution in [3.63, 3.8) is 0 Å². The van der Waals surface area contributed by atoms with Crippen LogP contribution in [0.3, 0.4) is 0 Å². The SMILES string of the molecule is Cc1cccc(N(CC(=O)N(Cc2cccc(Cl)c2)[C@@H](Cc2ccccc2)C(=O)NC2CCCCC2)S(=O)(=O)c2ccccc2)c1. The smallest absolute Gasteiger partial charge is 0.264 e. The van der Waals surface area contributed by atoms with Gasteiger partial charge in [-0.2, -0.15) is 0 Å². The zero-order valence-electron chi connectivity index (χ0n) is 26.0. The second-order valence-electron chi connectivity index (χ2n) is 11.9. The van der Waals surface area contributed by atoms with Crippen molar-refractivity contribution < 1.29 is 18.0 Å². The number of rotatable bonds is 12. The molecular weight excluding hydrogens is 618 g/mol. The van der Waals surface area contributed by atoms with E-state index in [2.05, 4.69) is 5.32 Å². The molecule has 46 heavy (non-hydrogen) atoms. The molecule has 0 aromatic heterocycles. The molecule has 240 valence electrons. The summed E-state index contributed by atoms with van der Waals surface area (Å²) in [5.74, 6) is -0.750. The first kappa shape index (κ1) is 33.2. The first-order valence-electron chi connectivity index (χ1n) is 15.7. The van der Waals surface area contributed by atoms with Gasteiger partial charge in [-0.25, -0.2) is 8.42 Å². The highest BCUT2D eigenvalue weighted by atomic mass is 35.5. The van der Waals surface area contributed by atoms with Crippen molar-refractivity contribution in [3.05, 3.63) is 131 Å². The predicted octanol–water partition coefficient (Wildman–Crippen LogP) is 6.93. The molecule has 0 bridgehead atoms. The predicted molar refractivity (Wildman–Crippen MR) is 183 cm³/mol. The van der Waals surface area contributed by atoms with Gasteiger partial charge in [0.2, 0.25) is 11.8 Å². The summed E-state index contributed by atoms with van der Waals surface area (Å²) >= 11 is 6.35. The highest BCUT2D eigenvalue weighted by Crippen LogP contribution is 2.26. The summed E-state index contributed by atoms with van der Waals surface area (Å²) in [6.07, 6.45) is 5.28. The van der Waals surface area contributed by atoms with Crippen molar-refractivity contribution in [2.24, 2.45) is 0 Å². The average molecular weight is 658 g/mol. The lowest BCUT2D eigenvalue weighted by atomic mass is 9.94. The maximum absolute atomic E-state index is 14.6. The Labute approximate surface area is 277 Å².